The fourth-order valence-electron chi connectivity index (χ4n) is 2.44. The van der Waals surface area contributed by atoms with Crippen LogP contribution in [0.3, 0.4) is 0 Å². The molecule has 0 N–H and O–H groups in total. The molecule has 0 saturated carbocycles. The Morgan fingerprint density at radius 2 is 1.87 bits per heavy atom. The highest BCUT2D eigenvalue weighted by Crippen LogP contribution is 2.21. The van der Waals surface area contributed by atoms with Gasteiger partial charge in [0.1, 0.15) is 0 Å². The molecule has 0 spiro atoms. The topological polar surface area (TPSA) is 66.9 Å². The predicted molar refractivity (Wildman–Crippen MR) is 90.3 cm³/mol. The number of rotatable bonds is 6. The first-order chi connectivity index (χ1) is 10.9. The molecule has 1 fully saturated rings. The van der Waals surface area contributed by atoms with Gasteiger partial charge < -0.3 is 9.64 Å². The summed E-state index contributed by atoms with van der Waals surface area (Å²) in [5.41, 5.74) is 0.552. The molecular formula is C15H21ClN2O4S. The van der Waals surface area contributed by atoms with Gasteiger partial charge in [0.15, 0.2) is 0 Å². The molecule has 0 aromatic heterocycles. The number of amides is 1. The van der Waals surface area contributed by atoms with E-state index in [-0.39, 0.29) is 12.5 Å². The summed E-state index contributed by atoms with van der Waals surface area (Å²) in [7, 11) is -3.41. The molecule has 0 radical (unpaired) electrons. The first-order valence-corrected chi connectivity index (χ1v) is 9.69. The quantitative estimate of drug-likeness (QED) is 0.775. The molecular weight excluding hydrogens is 340 g/mol. The Hall–Kier alpha value is -1.31. The van der Waals surface area contributed by atoms with E-state index in [1.807, 2.05) is 0 Å². The van der Waals surface area contributed by atoms with Crippen LogP contribution in [0.1, 0.15) is 12.8 Å². The Bertz CT molecular complexity index is 627. The van der Waals surface area contributed by atoms with Crippen LogP contribution >= 0.6 is 11.6 Å². The lowest BCUT2D eigenvalue weighted by Gasteiger charge is -2.27. The van der Waals surface area contributed by atoms with E-state index in [4.69, 9.17) is 16.3 Å². The number of sulfonamides is 1. The molecule has 1 saturated heterocycles. The van der Waals surface area contributed by atoms with Crippen molar-refractivity contribution in [2.24, 2.45) is 0 Å². The number of carbonyl (C=O) groups excluding carboxylic acids is 1. The van der Waals surface area contributed by atoms with Crippen molar-refractivity contribution in [2.75, 3.05) is 43.4 Å². The van der Waals surface area contributed by atoms with Gasteiger partial charge in [-0.1, -0.05) is 11.6 Å². The fraction of sp³-hybridized carbons (Fsp3) is 0.533. The van der Waals surface area contributed by atoms with Gasteiger partial charge in [-0.2, -0.15) is 0 Å². The van der Waals surface area contributed by atoms with Gasteiger partial charge in [-0.25, -0.2) is 8.42 Å². The summed E-state index contributed by atoms with van der Waals surface area (Å²) in [6.45, 7) is 2.59. The third-order valence-electron chi connectivity index (χ3n) is 3.63. The third-order valence-corrected chi connectivity index (χ3v) is 5.08. The first kappa shape index (κ1) is 18.0. The molecule has 8 heteroatoms. The van der Waals surface area contributed by atoms with Gasteiger partial charge in [0.2, 0.25) is 15.9 Å². The van der Waals surface area contributed by atoms with E-state index in [9.17, 15) is 13.2 Å². The molecule has 1 heterocycles. The van der Waals surface area contributed by atoms with E-state index in [1.165, 1.54) is 4.31 Å². The molecule has 0 atom stereocenters. The standard InChI is InChI=1S/C15H21ClN2O4S/c1-23(20,21)18(14-6-4-13(16)5-7-14)8-2-3-15(19)17-9-11-22-12-10-17/h4-7H,2-3,8-12H2,1H3. The lowest BCUT2D eigenvalue weighted by Crippen LogP contribution is -2.41. The van der Waals surface area contributed by atoms with Crippen molar-refractivity contribution in [3.63, 3.8) is 0 Å². The monoisotopic (exact) mass is 360 g/mol. The Labute approximate surface area is 142 Å². The van der Waals surface area contributed by atoms with Gasteiger partial charge in [0.05, 0.1) is 25.2 Å². The van der Waals surface area contributed by atoms with Gasteiger partial charge in [0.25, 0.3) is 0 Å². The second-order valence-electron chi connectivity index (χ2n) is 5.41. The number of morpholine rings is 1. The number of ether oxygens (including phenoxy) is 1. The Balaban J connectivity index is 1.94. The number of nitrogens with zero attached hydrogens (tertiary/aromatic N) is 2. The summed E-state index contributed by atoms with van der Waals surface area (Å²) in [6, 6.07) is 6.61. The molecule has 1 aromatic rings. The minimum Gasteiger partial charge on any atom is -0.378 e. The fourth-order valence-corrected chi connectivity index (χ4v) is 3.53. The molecule has 1 amide bonds. The van der Waals surface area contributed by atoms with Gasteiger partial charge in [-0.15, -0.1) is 0 Å². The average Bonchev–Trinajstić information content (AvgIpc) is 2.52. The van der Waals surface area contributed by atoms with Crippen molar-refractivity contribution in [1.82, 2.24) is 4.90 Å². The minimum absolute atomic E-state index is 0.0397. The molecule has 0 bridgehead atoms. The van der Waals surface area contributed by atoms with Crippen LogP contribution in [-0.4, -0.2) is 58.3 Å². The number of anilines is 1. The maximum absolute atomic E-state index is 12.1. The van der Waals surface area contributed by atoms with Crippen molar-refractivity contribution < 1.29 is 17.9 Å². The van der Waals surface area contributed by atoms with Gasteiger partial charge in [-0.05, 0) is 30.7 Å². The lowest BCUT2D eigenvalue weighted by atomic mass is 10.2. The summed E-state index contributed by atoms with van der Waals surface area (Å²) in [6.07, 6.45) is 1.94. The molecule has 2 rings (SSSR count). The smallest absolute Gasteiger partial charge is 0.232 e. The molecule has 128 valence electrons. The van der Waals surface area contributed by atoms with Gasteiger partial charge in [0, 0.05) is 31.1 Å². The number of hydrogen-bond donors (Lipinski definition) is 0. The van der Waals surface area contributed by atoms with E-state index in [0.29, 0.717) is 49.9 Å². The normalized spacial score (nSPS) is 15.5. The van der Waals surface area contributed by atoms with Gasteiger partial charge in [-0.3, -0.25) is 9.10 Å². The van der Waals surface area contributed by atoms with Crippen LogP contribution in [-0.2, 0) is 19.6 Å². The molecule has 0 aliphatic carbocycles. The third kappa shape index (κ3) is 5.37. The Kier molecular flexibility index (Phi) is 6.26. The van der Waals surface area contributed by atoms with Crippen LogP contribution in [0.2, 0.25) is 5.02 Å². The summed E-state index contributed by atoms with van der Waals surface area (Å²) >= 11 is 5.83. The molecule has 23 heavy (non-hydrogen) atoms. The van der Waals surface area contributed by atoms with Crippen LogP contribution < -0.4 is 4.31 Å². The summed E-state index contributed by atoms with van der Waals surface area (Å²) < 4.78 is 30.5. The highest BCUT2D eigenvalue weighted by Gasteiger charge is 2.20. The van der Waals surface area contributed by atoms with Crippen LogP contribution in [0, 0.1) is 0 Å². The number of carbonyl (C=O) groups is 1. The summed E-state index contributed by atoms with van der Waals surface area (Å²) in [5.74, 6) is 0.0397. The Morgan fingerprint density at radius 3 is 2.43 bits per heavy atom. The van der Waals surface area contributed by atoms with Crippen LogP contribution in [0.15, 0.2) is 24.3 Å². The second-order valence-corrected chi connectivity index (χ2v) is 7.75. The Morgan fingerprint density at radius 1 is 1.26 bits per heavy atom. The maximum Gasteiger partial charge on any atom is 0.232 e. The second kappa shape index (κ2) is 7.99. The van der Waals surface area contributed by atoms with Crippen molar-refractivity contribution in [2.45, 2.75) is 12.8 Å². The van der Waals surface area contributed by atoms with Crippen molar-refractivity contribution in [1.29, 1.82) is 0 Å². The summed E-state index contributed by atoms with van der Waals surface area (Å²) in [4.78, 5) is 13.9. The van der Waals surface area contributed by atoms with Crippen molar-refractivity contribution in [3.8, 4) is 0 Å². The van der Waals surface area contributed by atoms with Gasteiger partial charge >= 0.3 is 0 Å². The summed E-state index contributed by atoms with van der Waals surface area (Å²) in [5, 5.41) is 0.546. The van der Waals surface area contributed by atoms with E-state index >= 15 is 0 Å². The molecule has 1 aromatic carbocycles. The highest BCUT2D eigenvalue weighted by molar-refractivity contribution is 7.92. The van der Waals surface area contributed by atoms with E-state index in [2.05, 4.69) is 0 Å². The first-order valence-electron chi connectivity index (χ1n) is 7.47. The largest absolute Gasteiger partial charge is 0.378 e. The van der Waals surface area contributed by atoms with Crippen LogP contribution in [0.5, 0.6) is 0 Å². The number of benzene rings is 1. The zero-order chi connectivity index (χ0) is 16.9. The van der Waals surface area contributed by atoms with E-state index in [0.717, 1.165) is 6.26 Å². The van der Waals surface area contributed by atoms with E-state index in [1.54, 1.807) is 29.2 Å². The van der Waals surface area contributed by atoms with Crippen molar-refractivity contribution >= 4 is 33.2 Å². The molecule has 6 nitrogen and oxygen atoms in total. The zero-order valence-corrected chi connectivity index (χ0v) is 14.6. The van der Waals surface area contributed by atoms with Crippen LogP contribution in [0.4, 0.5) is 5.69 Å². The predicted octanol–water partition coefficient (Wildman–Crippen LogP) is 1.75. The maximum atomic E-state index is 12.1. The van der Waals surface area contributed by atoms with E-state index < -0.39 is 10.0 Å². The SMILES string of the molecule is CS(=O)(=O)N(CCCC(=O)N1CCOCC1)c1ccc(Cl)cc1. The van der Waals surface area contributed by atoms with Crippen LogP contribution in [0.25, 0.3) is 0 Å². The minimum atomic E-state index is -3.41. The van der Waals surface area contributed by atoms with Crippen molar-refractivity contribution in [3.05, 3.63) is 29.3 Å². The number of halogens is 1. The molecule has 1 aliphatic heterocycles. The molecule has 1 aliphatic rings. The highest BCUT2D eigenvalue weighted by atomic mass is 35.5. The molecule has 0 unspecified atom stereocenters. The zero-order valence-electron chi connectivity index (χ0n) is 13.1. The average molecular weight is 361 g/mol. The lowest BCUT2D eigenvalue weighted by molar-refractivity contribution is -0.135. The number of hydrogen-bond acceptors (Lipinski definition) is 4.